The van der Waals surface area contributed by atoms with Crippen LogP contribution in [-0.4, -0.2) is 46.7 Å². The van der Waals surface area contributed by atoms with Crippen LogP contribution in [0.4, 0.5) is 0 Å². The Kier molecular flexibility index (Phi) is 3.19. The van der Waals surface area contributed by atoms with Gasteiger partial charge in [0.2, 0.25) is 5.91 Å². The van der Waals surface area contributed by atoms with Crippen LogP contribution in [0.25, 0.3) is 0 Å². The highest BCUT2D eigenvalue weighted by molar-refractivity contribution is 5.85. The number of β-amino-alcohol motifs (C(OH)–C–C–N with tert-alkyl or cyclic N) is 1. The third-order valence-electron chi connectivity index (χ3n) is 4.15. The quantitative estimate of drug-likeness (QED) is 0.585. The molecule has 92 valence electrons. The van der Waals surface area contributed by atoms with E-state index in [4.69, 9.17) is 11.5 Å². The van der Waals surface area contributed by atoms with Crippen LogP contribution < -0.4 is 11.5 Å². The number of nitrogens with two attached hydrogens (primary N) is 2. The minimum absolute atomic E-state index is 0.234. The number of amides is 1. The van der Waals surface area contributed by atoms with Crippen LogP contribution in [0.2, 0.25) is 0 Å². The number of aliphatic hydroxyl groups excluding tert-OH is 1. The van der Waals surface area contributed by atoms with Crippen LogP contribution in [-0.2, 0) is 4.79 Å². The number of primary amides is 1. The van der Waals surface area contributed by atoms with E-state index in [-0.39, 0.29) is 12.5 Å². The first-order valence-corrected chi connectivity index (χ1v) is 6.05. The summed E-state index contributed by atoms with van der Waals surface area (Å²) in [7, 11) is 0. The van der Waals surface area contributed by atoms with E-state index in [1.165, 1.54) is 0 Å². The van der Waals surface area contributed by atoms with Crippen LogP contribution >= 0.6 is 0 Å². The molecule has 2 bridgehead atoms. The lowest BCUT2D eigenvalue weighted by Gasteiger charge is -2.43. The summed E-state index contributed by atoms with van der Waals surface area (Å²) in [6.45, 7) is 0.710. The lowest BCUT2D eigenvalue weighted by atomic mass is 9.87. The van der Waals surface area contributed by atoms with E-state index in [1.807, 2.05) is 0 Å². The molecule has 0 aliphatic carbocycles. The van der Waals surface area contributed by atoms with Crippen molar-refractivity contribution in [1.29, 1.82) is 0 Å². The molecule has 1 amide bonds. The summed E-state index contributed by atoms with van der Waals surface area (Å²) < 4.78 is 0. The number of fused-ring (bicyclic) bond motifs is 2. The number of hydrogen-bond donors (Lipinski definition) is 3. The van der Waals surface area contributed by atoms with Crippen molar-refractivity contribution in [2.75, 3.05) is 13.1 Å². The third-order valence-corrected chi connectivity index (χ3v) is 4.15. The summed E-state index contributed by atoms with van der Waals surface area (Å²) in [5, 5.41) is 9.65. The molecule has 2 aliphatic heterocycles. The van der Waals surface area contributed by atoms with E-state index in [9.17, 15) is 9.90 Å². The molecule has 3 atom stereocenters. The molecule has 0 aromatic carbocycles. The Morgan fingerprint density at radius 1 is 1.50 bits per heavy atom. The maximum absolute atomic E-state index is 11.7. The summed E-state index contributed by atoms with van der Waals surface area (Å²) in [5.41, 5.74) is 10.5. The lowest BCUT2D eigenvalue weighted by molar-refractivity contribution is -0.132. The molecule has 2 rings (SSSR count). The van der Waals surface area contributed by atoms with Crippen molar-refractivity contribution in [3.05, 3.63) is 0 Å². The van der Waals surface area contributed by atoms with Crippen molar-refractivity contribution >= 4 is 5.91 Å². The van der Waals surface area contributed by atoms with Gasteiger partial charge in [-0.05, 0) is 32.1 Å². The summed E-state index contributed by atoms with van der Waals surface area (Å²) in [6.07, 6.45) is 4.29. The number of rotatable bonds is 4. The first kappa shape index (κ1) is 11.8. The molecule has 5 nitrogen and oxygen atoms in total. The number of carbonyl (C=O) groups is 1. The van der Waals surface area contributed by atoms with E-state index in [0.717, 1.165) is 32.1 Å². The zero-order chi connectivity index (χ0) is 11.8. The van der Waals surface area contributed by atoms with Crippen LogP contribution in [0, 0.1) is 0 Å². The van der Waals surface area contributed by atoms with Gasteiger partial charge in [-0.2, -0.15) is 0 Å². The highest BCUT2D eigenvalue weighted by Crippen LogP contribution is 2.43. The molecular formula is C11H21N3O2. The molecule has 2 aliphatic rings. The van der Waals surface area contributed by atoms with E-state index >= 15 is 0 Å². The van der Waals surface area contributed by atoms with Gasteiger partial charge in [0.1, 0.15) is 5.54 Å². The van der Waals surface area contributed by atoms with Crippen molar-refractivity contribution < 1.29 is 9.90 Å². The fourth-order valence-electron chi connectivity index (χ4n) is 3.27. The molecule has 0 aromatic rings. The number of carbonyl (C=O) groups excluding carboxylic acids is 1. The maximum atomic E-state index is 11.7. The van der Waals surface area contributed by atoms with Crippen LogP contribution in [0.5, 0.6) is 0 Å². The Hall–Kier alpha value is -0.650. The molecule has 16 heavy (non-hydrogen) atoms. The molecule has 0 aromatic heterocycles. The number of piperidine rings is 1. The predicted molar refractivity (Wildman–Crippen MR) is 60.6 cm³/mol. The molecule has 0 spiro atoms. The number of nitrogens with zero attached hydrogens (tertiary/aromatic N) is 1. The zero-order valence-electron chi connectivity index (χ0n) is 9.56. The van der Waals surface area contributed by atoms with Gasteiger partial charge in [-0.1, -0.05) is 0 Å². The molecular weight excluding hydrogens is 206 g/mol. The Labute approximate surface area is 95.8 Å². The highest BCUT2D eigenvalue weighted by Gasteiger charge is 2.52. The topological polar surface area (TPSA) is 92.6 Å². The fourth-order valence-corrected chi connectivity index (χ4v) is 3.27. The van der Waals surface area contributed by atoms with Crippen molar-refractivity contribution in [1.82, 2.24) is 4.90 Å². The monoisotopic (exact) mass is 227 g/mol. The fraction of sp³-hybridized carbons (Fsp3) is 0.909. The molecule has 2 fully saturated rings. The lowest BCUT2D eigenvalue weighted by Crippen LogP contribution is -2.60. The van der Waals surface area contributed by atoms with Gasteiger partial charge >= 0.3 is 0 Å². The average molecular weight is 227 g/mol. The van der Waals surface area contributed by atoms with Crippen LogP contribution in [0.15, 0.2) is 0 Å². The smallest absolute Gasteiger partial charge is 0.237 e. The van der Waals surface area contributed by atoms with Gasteiger partial charge in [0.15, 0.2) is 0 Å². The minimum atomic E-state index is -0.558. The summed E-state index contributed by atoms with van der Waals surface area (Å²) in [5.74, 6) is -0.237. The summed E-state index contributed by atoms with van der Waals surface area (Å²) in [4.78, 5) is 13.8. The molecule has 5 N–H and O–H groups in total. The van der Waals surface area contributed by atoms with Gasteiger partial charge in [-0.3, -0.25) is 9.69 Å². The van der Waals surface area contributed by atoms with Gasteiger partial charge in [0, 0.05) is 19.1 Å². The Bertz CT molecular complexity index is 280. The van der Waals surface area contributed by atoms with Gasteiger partial charge in [-0.15, -0.1) is 0 Å². The molecule has 0 saturated carbocycles. The first-order valence-electron chi connectivity index (χ1n) is 6.05. The van der Waals surface area contributed by atoms with E-state index < -0.39 is 11.6 Å². The standard InChI is InChI=1S/C11H21N3O2/c12-6-9(15)7-14-8-2-1-4-11(14,5-3-8)10(13)16/h8-9,15H,1-7,12H2,(H2,13,16)/t8-,9?,11+/m1/s1. The van der Waals surface area contributed by atoms with Gasteiger partial charge < -0.3 is 16.6 Å². The van der Waals surface area contributed by atoms with E-state index in [2.05, 4.69) is 4.90 Å². The molecule has 2 heterocycles. The van der Waals surface area contributed by atoms with Crippen molar-refractivity contribution in [2.45, 2.75) is 49.8 Å². The first-order chi connectivity index (χ1) is 7.60. The van der Waals surface area contributed by atoms with Crippen LogP contribution in [0.3, 0.4) is 0 Å². The van der Waals surface area contributed by atoms with Crippen LogP contribution in [0.1, 0.15) is 32.1 Å². The average Bonchev–Trinajstić information content (AvgIpc) is 2.49. The Morgan fingerprint density at radius 2 is 2.25 bits per heavy atom. The van der Waals surface area contributed by atoms with Gasteiger partial charge in [-0.25, -0.2) is 0 Å². The molecule has 0 radical (unpaired) electrons. The van der Waals surface area contributed by atoms with E-state index in [0.29, 0.717) is 12.6 Å². The molecule has 2 saturated heterocycles. The van der Waals surface area contributed by atoms with Gasteiger partial charge in [0.05, 0.1) is 6.10 Å². The summed E-state index contributed by atoms with van der Waals surface area (Å²) >= 11 is 0. The predicted octanol–water partition coefficient (Wildman–Crippen LogP) is -0.822. The largest absolute Gasteiger partial charge is 0.390 e. The second-order valence-electron chi connectivity index (χ2n) is 5.02. The second kappa shape index (κ2) is 4.31. The Balaban J connectivity index is 2.17. The Morgan fingerprint density at radius 3 is 2.88 bits per heavy atom. The zero-order valence-corrected chi connectivity index (χ0v) is 9.56. The molecule has 5 heteroatoms. The number of hydrogen-bond acceptors (Lipinski definition) is 4. The van der Waals surface area contributed by atoms with Crippen molar-refractivity contribution in [3.8, 4) is 0 Å². The van der Waals surface area contributed by atoms with E-state index in [1.54, 1.807) is 0 Å². The SMILES string of the molecule is NCC(O)CN1[C@@H]2CCC[C@@]1(C(N)=O)CC2. The minimum Gasteiger partial charge on any atom is -0.390 e. The normalized spacial score (nSPS) is 36.2. The summed E-state index contributed by atoms with van der Waals surface area (Å²) in [6, 6.07) is 0.405. The maximum Gasteiger partial charge on any atom is 0.237 e. The van der Waals surface area contributed by atoms with Gasteiger partial charge in [0.25, 0.3) is 0 Å². The second-order valence-corrected chi connectivity index (χ2v) is 5.02. The molecule has 1 unspecified atom stereocenters. The number of aliphatic hydroxyl groups is 1. The van der Waals surface area contributed by atoms with Crippen molar-refractivity contribution in [2.24, 2.45) is 11.5 Å². The third kappa shape index (κ3) is 1.73. The highest BCUT2D eigenvalue weighted by atomic mass is 16.3. The van der Waals surface area contributed by atoms with Crippen molar-refractivity contribution in [3.63, 3.8) is 0 Å².